The second-order valence-corrected chi connectivity index (χ2v) is 3.61. The van der Waals surface area contributed by atoms with Gasteiger partial charge in [-0.3, -0.25) is 4.79 Å². The van der Waals surface area contributed by atoms with Crippen molar-refractivity contribution >= 4 is 5.91 Å². The lowest BCUT2D eigenvalue weighted by Crippen LogP contribution is -2.24. The number of aliphatic hydroxyl groups is 1. The summed E-state index contributed by atoms with van der Waals surface area (Å²) in [5, 5.41) is 11.8. The Labute approximate surface area is 90.1 Å². The zero-order valence-corrected chi connectivity index (χ0v) is 8.94. The van der Waals surface area contributed by atoms with Gasteiger partial charge in [0.2, 0.25) is 0 Å². The van der Waals surface area contributed by atoms with E-state index in [9.17, 15) is 4.79 Å². The zero-order valence-electron chi connectivity index (χ0n) is 8.94. The Morgan fingerprint density at radius 3 is 2.67 bits per heavy atom. The van der Waals surface area contributed by atoms with Gasteiger partial charge in [-0.15, -0.1) is 0 Å². The largest absolute Gasteiger partial charge is 0.393 e. The van der Waals surface area contributed by atoms with Crippen LogP contribution >= 0.6 is 0 Å². The highest BCUT2D eigenvalue weighted by molar-refractivity contribution is 5.94. The summed E-state index contributed by atoms with van der Waals surface area (Å²) < 4.78 is 0. The van der Waals surface area contributed by atoms with Crippen molar-refractivity contribution in [2.75, 3.05) is 6.54 Å². The molecule has 0 radical (unpaired) electrons. The molecule has 0 fully saturated rings. The third kappa shape index (κ3) is 4.61. The number of benzene rings is 1. The number of rotatable bonds is 5. The average molecular weight is 207 g/mol. The Kier molecular flexibility index (Phi) is 4.84. The molecule has 1 aromatic rings. The molecule has 2 N–H and O–H groups in total. The summed E-state index contributed by atoms with van der Waals surface area (Å²) in [7, 11) is 0. The number of amides is 1. The van der Waals surface area contributed by atoms with Gasteiger partial charge in [0.25, 0.3) is 5.91 Å². The molecule has 15 heavy (non-hydrogen) atoms. The van der Waals surface area contributed by atoms with E-state index in [1.165, 1.54) is 0 Å². The molecule has 0 aliphatic rings. The van der Waals surface area contributed by atoms with Crippen molar-refractivity contribution in [2.45, 2.75) is 25.9 Å². The molecule has 3 nitrogen and oxygen atoms in total. The third-order valence-corrected chi connectivity index (χ3v) is 2.12. The van der Waals surface area contributed by atoms with Gasteiger partial charge in [-0.05, 0) is 31.9 Å². The highest BCUT2D eigenvalue weighted by Gasteiger charge is 2.03. The number of nitrogens with one attached hydrogen (secondary N) is 1. The van der Waals surface area contributed by atoms with Crippen LogP contribution in [0.15, 0.2) is 30.3 Å². The second kappa shape index (κ2) is 6.19. The van der Waals surface area contributed by atoms with Crippen LogP contribution in [0.1, 0.15) is 30.1 Å². The van der Waals surface area contributed by atoms with Crippen molar-refractivity contribution in [1.82, 2.24) is 5.32 Å². The Morgan fingerprint density at radius 1 is 1.40 bits per heavy atom. The zero-order chi connectivity index (χ0) is 11.1. The highest BCUT2D eigenvalue weighted by Crippen LogP contribution is 1.98. The lowest BCUT2D eigenvalue weighted by molar-refractivity contribution is 0.0949. The van der Waals surface area contributed by atoms with Crippen molar-refractivity contribution < 1.29 is 9.90 Å². The molecule has 0 heterocycles. The van der Waals surface area contributed by atoms with Gasteiger partial charge < -0.3 is 10.4 Å². The normalized spacial score (nSPS) is 12.1. The van der Waals surface area contributed by atoms with Crippen molar-refractivity contribution in [1.29, 1.82) is 0 Å². The maximum Gasteiger partial charge on any atom is 0.251 e. The predicted molar refractivity (Wildman–Crippen MR) is 59.7 cm³/mol. The fraction of sp³-hybridized carbons (Fsp3) is 0.417. The second-order valence-electron chi connectivity index (χ2n) is 3.61. The summed E-state index contributed by atoms with van der Waals surface area (Å²) in [6.45, 7) is 2.36. The maximum absolute atomic E-state index is 11.5. The Morgan fingerprint density at radius 2 is 2.07 bits per heavy atom. The number of hydrogen-bond acceptors (Lipinski definition) is 2. The minimum absolute atomic E-state index is 0.0545. The van der Waals surface area contributed by atoms with Crippen LogP contribution in [-0.2, 0) is 0 Å². The Bertz CT molecular complexity index is 296. The molecular weight excluding hydrogens is 190 g/mol. The van der Waals surface area contributed by atoms with Gasteiger partial charge >= 0.3 is 0 Å². The van der Waals surface area contributed by atoms with Crippen LogP contribution in [0, 0.1) is 0 Å². The first-order valence-electron chi connectivity index (χ1n) is 5.21. The smallest absolute Gasteiger partial charge is 0.251 e. The van der Waals surface area contributed by atoms with Gasteiger partial charge in [0.15, 0.2) is 0 Å². The monoisotopic (exact) mass is 207 g/mol. The van der Waals surface area contributed by atoms with E-state index in [1.807, 2.05) is 18.2 Å². The van der Waals surface area contributed by atoms with Crippen molar-refractivity contribution in [3.8, 4) is 0 Å². The van der Waals surface area contributed by atoms with E-state index >= 15 is 0 Å². The first kappa shape index (κ1) is 11.7. The first-order valence-corrected chi connectivity index (χ1v) is 5.21. The lowest BCUT2D eigenvalue weighted by atomic mass is 10.2. The van der Waals surface area contributed by atoms with E-state index in [0.717, 1.165) is 12.8 Å². The molecule has 3 heteroatoms. The van der Waals surface area contributed by atoms with Crippen LogP contribution in [0.4, 0.5) is 0 Å². The summed E-state index contributed by atoms with van der Waals surface area (Å²) in [5.74, 6) is -0.0545. The van der Waals surface area contributed by atoms with E-state index in [-0.39, 0.29) is 12.0 Å². The van der Waals surface area contributed by atoms with E-state index in [4.69, 9.17) is 5.11 Å². The molecule has 0 aromatic heterocycles. The van der Waals surface area contributed by atoms with Gasteiger partial charge in [-0.25, -0.2) is 0 Å². The minimum Gasteiger partial charge on any atom is -0.393 e. The van der Waals surface area contributed by atoms with Gasteiger partial charge in [0, 0.05) is 12.1 Å². The van der Waals surface area contributed by atoms with Crippen LogP contribution in [0.5, 0.6) is 0 Å². The van der Waals surface area contributed by atoms with Crippen LogP contribution < -0.4 is 5.32 Å². The molecule has 0 bridgehead atoms. The predicted octanol–water partition coefficient (Wildman–Crippen LogP) is 1.58. The first-order chi connectivity index (χ1) is 7.20. The fourth-order valence-corrected chi connectivity index (χ4v) is 1.29. The van der Waals surface area contributed by atoms with Gasteiger partial charge in [-0.1, -0.05) is 18.2 Å². The maximum atomic E-state index is 11.5. The molecule has 1 aromatic carbocycles. The SMILES string of the molecule is CC(O)CCCNC(=O)c1ccccc1. The summed E-state index contributed by atoms with van der Waals surface area (Å²) in [5.41, 5.74) is 0.676. The number of aliphatic hydroxyl groups excluding tert-OH is 1. The average Bonchev–Trinajstić information content (AvgIpc) is 2.25. The Hall–Kier alpha value is -1.35. The van der Waals surface area contributed by atoms with Crippen molar-refractivity contribution in [3.05, 3.63) is 35.9 Å². The van der Waals surface area contributed by atoms with E-state index in [1.54, 1.807) is 19.1 Å². The molecule has 1 unspecified atom stereocenters. The van der Waals surface area contributed by atoms with Crippen LogP contribution in [0.3, 0.4) is 0 Å². The molecule has 0 spiro atoms. The molecule has 1 rings (SSSR count). The summed E-state index contributed by atoms with van der Waals surface area (Å²) >= 11 is 0. The van der Waals surface area contributed by atoms with Gasteiger partial charge in [-0.2, -0.15) is 0 Å². The van der Waals surface area contributed by atoms with Gasteiger partial charge in [0.1, 0.15) is 0 Å². The van der Waals surface area contributed by atoms with Gasteiger partial charge in [0.05, 0.1) is 6.10 Å². The fourth-order valence-electron chi connectivity index (χ4n) is 1.29. The summed E-state index contributed by atoms with van der Waals surface area (Å²) in [6.07, 6.45) is 1.23. The molecule has 0 saturated carbocycles. The molecule has 0 saturated heterocycles. The van der Waals surface area contributed by atoms with Crippen molar-refractivity contribution in [3.63, 3.8) is 0 Å². The van der Waals surface area contributed by atoms with Crippen LogP contribution in [0.2, 0.25) is 0 Å². The highest BCUT2D eigenvalue weighted by atomic mass is 16.3. The van der Waals surface area contributed by atoms with E-state index < -0.39 is 0 Å². The standard InChI is InChI=1S/C12H17NO2/c1-10(14)6-5-9-13-12(15)11-7-3-2-4-8-11/h2-4,7-8,10,14H,5-6,9H2,1H3,(H,13,15). The summed E-state index contributed by atoms with van der Waals surface area (Å²) in [4.78, 5) is 11.5. The lowest BCUT2D eigenvalue weighted by Gasteiger charge is -2.06. The van der Waals surface area contributed by atoms with E-state index in [2.05, 4.69) is 5.32 Å². The number of carbonyl (C=O) groups is 1. The molecule has 0 aliphatic heterocycles. The van der Waals surface area contributed by atoms with Crippen molar-refractivity contribution in [2.24, 2.45) is 0 Å². The minimum atomic E-state index is -0.293. The Balaban J connectivity index is 2.25. The van der Waals surface area contributed by atoms with Crippen LogP contribution in [0.25, 0.3) is 0 Å². The third-order valence-electron chi connectivity index (χ3n) is 2.12. The van der Waals surface area contributed by atoms with Crippen LogP contribution in [-0.4, -0.2) is 23.7 Å². The number of carbonyl (C=O) groups excluding carboxylic acids is 1. The molecule has 1 atom stereocenters. The molecule has 82 valence electrons. The molecule has 1 amide bonds. The van der Waals surface area contributed by atoms with E-state index in [0.29, 0.717) is 12.1 Å². The molecule has 0 aliphatic carbocycles. The summed E-state index contributed by atoms with van der Waals surface area (Å²) in [6, 6.07) is 9.12. The topological polar surface area (TPSA) is 49.3 Å². The molecular formula is C12H17NO2. The quantitative estimate of drug-likeness (QED) is 0.720. The number of hydrogen-bond donors (Lipinski definition) is 2.